The first-order chi connectivity index (χ1) is 11.8. The van der Waals surface area contributed by atoms with Gasteiger partial charge < -0.3 is 14.6 Å². The molecule has 5 nitrogen and oxygen atoms in total. The van der Waals surface area contributed by atoms with Crippen LogP contribution in [0.3, 0.4) is 0 Å². The summed E-state index contributed by atoms with van der Waals surface area (Å²) in [5.74, 6) is -1.06. The van der Waals surface area contributed by atoms with E-state index in [-0.39, 0.29) is 34.7 Å². The topological polar surface area (TPSA) is 72.8 Å². The number of esters is 1. The SMILES string of the molecule is C=C1OC(=O)C(C(O)[C@H](C)C[C@H](C)C(=O)/C=C/C=C/C=C/C)=C1OC. The van der Waals surface area contributed by atoms with Gasteiger partial charge in [-0.15, -0.1) is 0 Å². The van der Waals surface area contributed by atoms with Gasteiger partial charge in [-0.1, -0.05) is 50.8 Å². The van der Waals surface area contributed by atoms with Crippen LogP contribution in [0.25, 0.3) is 0 Å². The summed E-state index contributed by atoms with van der Waals surface area (Å²) in [4.78, 5) is 24.0. The predicted octanol–water partition coefficient (Wildman–Crippen LogP) is 3.24. The monoisotopic (exact) mass is 346 g/mol. The van der Waals surface area contributed by atoms with Crippen molar-refractivity contribution in [3.8, 4) is 0 Å². The highest BCUT2D eigenvalue weighted by Crippen LogP contribution is 2.32. The van der Waals surface area contributed by atoms with Crippen LogP contribution in [-0.2, 0) is 19.1 Å². The fraction of sp³-hybridized carbons (Fsp3) is 0.400. The molecule has 1 aliphatic heterocycles. The van der Waals surface area contributed by atoms with Gasteiger partial charge in [0, 0.05) is 5.92 Å². The lowest BCUT2D eigenvalue weighted by molar-refractivity contribution is -0.134. The van der Waals surface area contributed by atoms with Crippen LogP contribution < -0.4 is 0 Å². The van der Waals surface area contributed by atoms with Crippen molar-refractivity contribution in [3.63, 3.8) is 0 Å². The minimum absolute atomic E-state index is 0.0384. The lowest BCUT2D eigenvalue weighted by Crippen LogP contribution is -2.27. The van der Waals surface area contributed by atoms with Crippen molar-refractivity contribution in [2.45, 2.75) is 33.3 Å². The molecule has 0 aromatic rings. The molecule has 1 aliphatic rings. The average molecular weight is 346 g/mol. The Morgan fingerprint density at radius 3 is 2.52 bits per heavy atom. The third-order valence-corrected chi connectivity index (χ3v) is 3.97. The number of rotatable bonds is 9. The van der Waals surface area contributed by atoms with Gasteiger partial charge in [0.2, 0.25) is 0 Å². The summed E-state index contributed by atoms with van der Waals surface area (Å²) in [6.45, 7) is 9.06. The number of ketones is 1. The van der Waals surface area contributed by atoms with Crippen LogP contribution in [0, 0.1) is 11.8 Å². The second-order valence-electron chi connectivity index (χ2n) is 5.99. The van der Waals surface area contributed by atoms with E-state index < -0.39 is 12.1 Å². The van der Waals surface area contributed by atoms with Crippen molar-refractivity contribution in [1.82, 2.24) is 0 Å². The Morgan fingerprint density at radius 1 is 1.28 bits per heavy atom. The fourth-order valence-electron chi connectivity index (χ4n) is 2.58. The van der Waals surface area contributed by atoms with Gasteiger partial charge in [-0.2, -0.15) is 0 Å². The predicted molar refractivity (Wildman–Crippen MR) is 96.3 cm³/mol. The fourth-order valence-corrected chi connectivity index (χ4v) is 2.58. The third-order valence-electron chi connectivity index (χ3n) is 3.97. The smallest absolute Gasteiger partial charge is 0.346 e. The van der Waals surface area contributed by atoms with E-state index in [0.29, 0.717) is 6.42 Å². The number of cyclic esters (lactones) is 1. The molecule has 0 bridgehead atoms. The third kappa shape index (κ3) is 5.57. The number of hydrogen-bond acceptors (Lipinski definition) is 5. The van der Waals surface area contributed by atoms with Crippen molar-refractivity contribution in [2.75, 3.05) is 7.11 Å². The van der Waals surface area contributed by atoms with Crippen LogP contribution in [0.1, 0.15) is 27.2 Å². The maximum Gasteiger partial charge on any atom is 0.346 e. The molecule has 0 saturated carbocycles. The summed E-state index contributed by atoms with van der Waals surface area (Å²) in [5.41, 5.74) is 0.0597. The number of hydrogen-bond donors (Lipinski definition) is 1. The highest BCUT2D eigenvalue weighted by molar-refractivity contribution is 5.95. The molecular weight excluding hydrogens is 320 g/mol. The van der Waals surface area contributed by atoms with E-state index in [1.807, 2.05) is 25.2 Å². The Labute approximate surface area is 149 Å². The zero-order valence-electron chi connectivity index (χ0n) is 15.2. The first kappa shape index (κ1) is 20.6. The van der Waals surface area contributed by atoms with E-state index in [4.69, 9.17) is 9.47 Å². The number of methoxy groups -OCH3 is 1. The zero-order valence-corrected chi connectivity index (χ0v) is 15.2. The molecule has 0 fully saturated rings. The summed E-state index contributed by atoms with van der Waals surface area (Å²) in [5, 5.41) is 10.5. The van der Waals surface area contributed by atoms with E-state index in [9.17, 15) is 14.7 Å². The Bertz CT molecular complexity index is 636. The van der Waals surface area contributed by atoms with Gasteiger partial charge in [0.1, 0.15) is 5.57 Å². The number of aliphatic hydroxyl groups excluding tert-OH is 1. The van der Waals surface area contributed by atoms with E-state index >= 15 is 0 Å². The van der Waals surface area contributed by atoms with Crippen molar-refractivity contribution >= 4 is 11.8 Å². The van der Waals surface area contributed by atoms with E-state index in [1.54, 1.807) is 26.0 Å². The molecule has 1 rings (SSSR count). The van der Waals surface area contributed by atoms with Crippen molar-refractivity contribution in [1.29, 1.82) is 0 Å². The summed E-state index contributed by atoms with van der Waals surface area (Å²) in [6.07, 6.45) is 9.89. The molecule has 5 heteroatoms. The number of carbonyl (C=O) groups is 2. The van der Waals surface area contributed by atoms with Gasteiger partial charge in [-0.25, -0.2) is 4.79 Å². The maximum absolute atomic E-state index is 12.1. The number of carbonyl (C=O) groups excluding carboxylic acids is 2. The van der Waals surface area contributed by atoms with Gasteiger partial charge >= 0.3 is 5.97 Å². The van der Waals surface area contributed by atoms with Crippen molar-refractivity contribution in [2.24, 2.45) is 11.8 Å². The largest absolute Gasteiger partial charge is 0.492 e. The molecule has 0 spiro atoms. The van der Waals surface area contributed by atoms with Crippen LogP contribution in [0.4, 0.5) is 0 Å². The van der Waals surface area contributed by atoms with Crippen molar-refractivity contribution in [3.05, 3.63) is 60.1 Å². The van der Waals surface area contributed by atoms with E-state index in [2.05, 4.69) is 6.58 Å². The molecule has 0 aromatic heterocycles. The molecule has 0 aromatic carbocycles. The zero-order chi connectivity index (χ0) is 19.0. The Balaban J connectivity index is 2.72. The minimum Gasteiger partial charge on any atom is -0.492 e. The molecular formula is C20H26O5. The molecule has 1 unspecified atom stereocenters. The lowest BCUT2D eigenvalue weighted by atomic mass is 9.87. The second kappa shape index (κ2) is 9.79. The standard InChI is InChI=1S/C20H26O5/c1-6-7-8-9-10-11-16(21)13(2)12-14(3)18(22)17-19(24-5)15(4)25-20(17)23/h6-11,13-14,18,22H,4,12H2,1-3,5H3/b7-6+,9-8+,11-10+/t13-,14+,18?/m0/s1. The molecule has 1 heterocycles. The van der Waals surface area contributed by atoms with E-state index in [1.165, 1.54) is 13.2 Å². The highest BCUT2D eigenvalue weighted by atomic mass is 16.6. The summed E-state index contributed by atoms with van der Waals surface area (Å²) < 4.78 is 10.0. The van der Waals surface area contributed by atoms with Gasteiger partial charge in [0.15, 0.2) is 17.3 Å². The highest BCUT2D eigenvalue weighted by Gasteiger charge is 2.37. The van der Waals surface area contributed by atoms with Crippen LogP contribution in [0.5, 0.6) is 0 Å². The van der Waals surface area contributed by atoms with Gasteiger partial charge in [0.05, 0.1) is 13.2 Å². The molecule has 136 valence electrons. The Hall–Kier alpha value is -2.40. The van der Waals surface area contributed by atoms with E-state index in [0.717, 1.165) is 0 Å². The lowest BCUT2D eigenvalue weighted by Gasteiger charge is -2.21. The van der Waals surface area contributed by atoms with Gasteiger partial charge in [0.25, 0.3) is 0 Å². The number of allylic oxidation sites excluding steroid dienone is 6. The van der Waals surface area contributed by atoms with Gasteiger partial charge in [-0.05, 0) is 25.3 Å². The molecule has 0 amide bonds. The maximum atomic E-state index is 12.1. The minimum atomic E-state index is -1.09. The molecule has 0 saturated heterocycles. The average Bonchev–Trinajstić information content (AvgIpc) is 2.86. The number of aliphatic hydroxyl groups is 1. The molecule has 1 N–H and O–H groups in total. The normalized spacial score (nSPS) is 19.1. The summed E-state index contributed by atoms with van der Waals surface area (Å²) in [6, 6.07) is 0. The van der Waals surface area contributed by atoms with Crippen LogP contribution >= 0.6 is 0 Å². The molecule has 25 heavy (non-hydrogen) atoms. The summed E-state index contributed by atoms with van der Waals surface area (Å²) >= 11 is 0. The molecule has 3 atom stereocenters. The quantitative estimate of drug-likeness (QED) is 0.394. The van der Waals surface area contributed by atoms with Crippen LogP contribution in [0.2, 0.25) is 0 Å². The Morgan fingerprint density at radius 2 is 1.92 bits per heavy atom. The van der Waals surface area contributed by atoms with Crippen LogP contribution in [0.15, 0.2) is 60.1 Å². The second-order valence-corrected chi connectivity index (χ2v) is 5.99. The van der Waals surface area contributed by atoms with Gasteiger partial charge in [-0.3, -0.25) is 4.79 Å². The van der Waals surface area contributed by atoms with Crippen LogP contribution in [-0.4, -0.2) is 30.1 Å². The first-order valence-electron chi connectivity index (χ1n) is 8.21. The van der Waals surface area contributed by atoms with Crippen molar-refractivity contribution < 1.29 is 24.2 Å². The molecule has 0 aliphatic carbocycles. The first-order valence-corrected chi connectivity index (χ1v) is 8.21. The molecule has 0 radical (unpaired) electrons. The summed E-state index contributed by atoms with van der Waals surface area (Å²) in [7, 11) is 1.39. The number of ether oxygens (including phenoxy) is 2. The Kier molecular flexibility index (Phi) is 8.08.